The first-order chi connectivity index (χ1) is 18.2. The van der Waals surface area contributed by atoms with Gasteiger partial charge in [0.15, 0.2) is 0 Å². The van der Waals surface area contributed by atoms with Crippen LogP contribution in [0.2, 0.25) is 0 Å². The van der Waals surface area contributed by atoms with Gasteiger partial charge < -0.3 is 20.1 Å². The van der Waals surface area contributed by atoms with Gasteiger partial charge in [0.25, 0.3) is 5.91 Å². The maximum Gasteiger partial charge on any atom is 0.410 e. The average Bonchev–Trinajstić information content (AvgIpc) is 3.65. The summed E-state index contributed by atoms with van der Waals surface area (Å²) in [7, 11) is 0. The summed E-state index contributed by atoms with van der Waals surface area (Å²) < 4.78 is 5.59. The fourth-order valence-electron chi connectivity index (χ4n) is 5.25. The van der Waals surface area contributed by atoms with Gasteiger partial charge in [-0.1, -0.05) is 36.4 Å². The van der Waals surface area contributed by atoms with Gasteiger partial charge in [-0.3, -0.25) is 9.69 Å². The molecule has 1 aromatic heterocycles. The van der Waals surface area contributed by atoms with Gasteiger partial charge in [0.05, 0.1) is 23.9 Å². The molecule has 0 radical (unpaired) electrons. The van der Waals surface area contributed by atoms with Crippen molar-refractivity contribution in [3.8, 4) is 22.4 Å². The molecule has 3 atom stereocenters. The number of aromatic amines is 1. The lowest BCUT2D eigenvalue weighted by Crippen LogP contribution is -2.39. The highest BCUT2D eigenvalue weighted by Crippen LogP contribution is 2.33. The van der Waals surface area contributed by atoms with E-state index in [2.05, 4.69) is 10.3 Å². The first-order valence-electron chi connectivity index (χ1n) is 13.4. The number of ether oxygens (including phenoxy) is 1. The zero-order chi connectivity index (χ0) is 26.9. The molecule has 8 nitrogen and oxygen atoms in total. The van der Waals surface area contributed by atoms with Crippen molar-refractivity contribution < 1.29 is 19.4 Å². The van der Waals surface area contributed by atoms with Gasteiger partial charge in [0.1, 0.15) is 11.4 Å². The number of rotatable bonds is 5. The maximum atomic E-state index is 12.7. The van der Waals surface area contributed by atoms with Crippen LogP contribution in [-0.4, -0.2) is 56.3 Å². The molecular weight excluding hydrogens is 480 g/mol. The van der Waals surface area contributed by atoms with Crippen molar-refractivity contribution in [2.24, 2.45) is 0 Å². The third kappa shape index (κ3) is 5.75. The third-order valence-corrected chi connectivity index (χ3v) is 7.25. The average molecular weight is 517 g/mol. The lowest BCUT2D eigenvalue weighted by molar-refractivity contribution is 0.0218. The number of imidazole rings is 1. The molecular formula is C30H36N4O4. The number of H-pyrrole nitrogens is 1. The molecule has 2 aliphatic rings. The van der Waals surface area contributed by atoms with E-state index in [0.717, 1.165) is 60.3 Å². The number of amides is 2. The molecule has 2 fully saturated rings. The SMILES string of the molecule is CC(C)(C)OC(=O)N1CCC[C@H]1c1nc(-c2ccc(-c3ccc(C(=O)N[C@H]4CCC[C@@H]4O)cc3)cc2)c[nH]1. The molecule has 1 saturated carbocycles. The number of nitrogens with zero attached hydrogens (tertiary/aromatic N) is 2. The molecule has 2 amide bonds. The largest absolute Gasteiger partial charge is 0.444 e. The highest BCUT2D eigenvalue weighted by atomic mass is 16.6. The van der Waals surface area contributed by atoms with Crippen LogP contribution in [0.3, 0.4) is 0 Å². The van der Waals surface area contributed by atoms with Gasteiger partial charge in [-0.2, -0.15) is 0 Å². The number of hydrogen-bond donors (Lipinski definition) is 3. The highest BCUT2D eigenvalue weighted by Gasteiger charge is 2.35. The van der Waals surface area contributed by atoms with Gasteiger partial charge >= 0.3 is 6.09 Å². The van der Waals surface area contributed by atoms with Gasteiger partial charge in [-0.05, 0) is 76.1 Å². The standard InChI is InChI=1S/C30H36N4O4/c1-30(2,3)38-29(37)34-17-5-7-25(34)27-31-18-24(32-27)21-13-9-19(10-14-21)20-11-15-22(16-12-20)28(36)33-23-6-4-8-26(23)35/h9-16,18,23,25-26,35H,4-8,17H2,1-3H3,(H,31,32)(H,33,36)/t23-,25-,26-/m0/s1. The molecule has 5 rings (SSSR count). The van der Waals surface area contributed by atoms with Crippen LogP contribution in [0.15, 0.2) is 54.7 Å². The van der Waals surface area contributed by atoms with Crippen molar-refractivity contribution in [2.45, 2.75) is 76.7 Å². The predicted octanol–water partition coefficient (Wildman–Crippen LogP) is 5.46. The van der Waals surface area contributed by atoms with Gasteiger partial charge in [0.2, 0.25) is 0 Å². The van der Waals surface area contributed by atoms with E-state index in [1.807, 2.05) is 75.5 Å². The number of aliphatic hydroxyl groups is 1. The molecule has 3 N–H and O–H groups in total. The summed E-state index contributed by atoms with van der Waals surface area (Å²) in [6, 6.07) is 15.4. The maximum absolute atomic E-state index is 12.7. The summed E-state index contributed by atoms with van der Waals surface area (Å²) in [4.78, 5) is 35.1. The van der Waals surface area contributed by atoms with Crippen molar-refractivity contribution >= 4 is 12.0 Å². The van der Waals surface area contributed by atoms with Gasteiger partial charge in [-0.15, -0.1) is 0 Å². The van der Waals surface area contributed by atoms with E-state index in [-0.39, 0.29) is 24.1 Å². The number of hydrogen-bond acceptors (Lipinski definition) is 5. The number of carbonyl (C=O) groups excluding carboxylic acids is 2. The Morgan fingerprint density at radius 1 is 0.974 bits per heavy atom. The summed E-state index contributed by atoms with van der Waals surface area (Å²) in [6.45, 7) is 6.28. The predicted molar refractivity (Wildman–Crippen MR) is 145 cm³/mol. The second-order valence-electron chi connectivity index (χ2n) is 11.2. The minimum Gasteiger partial charge on any atom is -0.444 e. The van der Waals surface area contributed by atoms with Crippen LogP contribution in [0.4, 0.5) is 4.79 Å². The van der Waals surface area contributed by atoms with E-state index in [0.29, 0.717) is 12.1 Å². The smallest absolute Gasteiger partial charge is 0.410 e. The Bertz CT molecular complexity index is 1280. The van der Waals surface area contributed by atoms with Gasteiger partial charge in [-0.25, -0.2) is 9.78 Å². The number of aliphatic hydroxyl groups excluding tert-OH is 1. The van der Waals surface area contributed by atoms with Crippen molar-refractivity contribution in [1.29, 1.82) is 0 Å². The summed E-state index contributed by atoms with van der Waals surface area (Å²) in [5.74, 6) is 0.617. The zero-order valence-corrected chi connectivity index (χ0v) is 22.2. The fourth-order valence-corrected chi connectivity index (χ4v) is 5.25. The minimum absolute atomic E-state index is 0.120. The van der Waals surface area contributed by atoms with Crippen molar-refractivity contribution in [1.82, 2.24) is 20.2 Å². The lowest BCUT2D eigenvalue weighted by atomic mass is 10.0. The van der Waals surface area contributed by atoms with E-state index in [1.54, 1.807) is 4.90 Å². The monoisotopic (exact) mass is 516 g/mol. The van der Waals surface area contributed by atoms with Crippen molar-refractivity contribution in [3.63, 3.8) is 0 Å². The van der Waals surface area contributed by atoms with E-state index in [9.17, 15) is 14.7 Å². The Kier molecular flexibility index (Phi) is 7.25. The highest BCUT2D eigenvalue weighted by molar-refractivity contribution is 5.95. The minimum atomic E-state index is -0.536. The van der Waals surface area contributed by atoms with Gasteiger partial charge in [0, 0.05) is 23.9 Å². The summed E-state index contributed by atoms with van der Waals surface area (Å²) in [5.41, 5.74) is 3.89. The quantitative estimate of drug-likeness (QED) is 0.417. The number of carbonyl (C=O) groups is 2. The molecule has 1 aliphatic carbocycles. The van der Waals surface area contributed by atoms with Crippen LogP contribution in [0.5, 0.6) is 0 Å². The number of benzene rings is 2. The molecule has 38 heavy (non-hydrogen) atoms. The topological polar surface area (TPSA) is 108 Å². The second-order valence-corrected chi connectivity index (χ2v) is 11.2. The van der Waals surface area contributed by atoms with Crippen molar-refractivity contribution in [2.75, 3.05) is 6.54 Å². The van der Waals surface area contributed by atoms with Crippen LogP contribution < -0.4 is 5.32 Å². The Labute approximate surface area is 223 Å². The van der Waals surface area contributed by atoms with Crippen LogP contribution in [0.25, 0.3) is 22.4 Å². The van der Waals surface area contributed by atoms with E-state index in [1.165, 1.54) is 0 Å². The van der Waals surface area contributed by atoms with E-state index < -0.39 is 11.7 Å². The zero-order valence-electron chi connectivity index (χ0n) is 22.2. The van der Waals surface area contributed by atoms with E-state index in [4.69, 9.17) is 9.72 Å². The molecule has 1 aliphatic heterocycles. The Morgan fingerprint density at radius 3 is 2.26 bits per heavy atom. The molecule has 2 aromatic carbocycles. The fraction of sp³-hybridized carbons (Fsp3) is 0.433. The molecule has 1 saturated heterocycles. The van der Waals surface area contributed by atoms with Crippen LogP contribution in [-0.2, 0) is 4.74 Å². The lowest BCUT2D eigenvalue weighted by Gasteiger charge is -2.27. The molecule has 0 spiro atoms. The van der Waals surface area contributed by atoms with Crippen LogP contribution in [0.1, 0.15) is 75.1 Å². The summed E-state index contributed by atoms with van der Waals surface area (Å²) in [5, 5.41) is 12.9. The normalized spacial score (nSPS) is 21.5. The molecule has 3 aromatic rings. The molecule has 8 heteroatoms. The van der Waals surface area contributed by atoms with Crippen LogP contribution in [0, 0.1) is 0 Å². The molecule has 0 bridgehead atoms. The second kappa shape index (κ2) is 10.6. The molecule has 2 heterocycles. The summed E-state index contributed by atoms with van der Waals surface area (Å²) >= 11 is 0. The third-order valence-electron chi connectivity index (χ3n) is 7.25. The number of nitrogens with one attached hydrogen (secondary N) is 2. The molecule has 0 unspecified atom stereocenters. The molecule has 200 valence electrons. The van der Waals surface area contributed by atoms with Crippen molar-refractivity contribution in [3.05, 3.63) is 66.1 Å². The van der Waals surface area contributed by atoms with Crippen LogP contribution >= 0.6 is 0 Å². The Balaban J connectivity index is 1.24. The summed E-state index contributed by atoms with van der Waals surface area (Å²) in [6.07, 6.45) is 5.38. The first kappa shape index (κ1) is 26.0. The number of likely N-dealkylation sites (tertiary alicyclic amines) is 1. The number of aromatic nitrogens is 2. The van der Waals surface area contributed by atoms with E-state index >= 15 is 0 Å². The Morgan fingerprint density at radius 2 is 1.63 bits per heavy atom. The Hall–Kier alpha value is -3.65. The first-order valence-corrected chi connectivity index (χ1v) is 13.4.